The van der Waals surface area contributed by atoms with E-state index in [0.717, 1.165) is 10.9 Å². The third kappa shape index (κ3) is 4.69. The highest BCUT2D eigenvalue weighted by Gasteiger charge is 2.14. The number of fused-ring (bicyclic) bond motifs is 1. The van der Waals surface area contributed by atoms with Crippen LogP contribution in [0.4, 0.5) is 0 Å². The number of thioether (sulfide) groups is 1. The number of nitrogens with zero attached hydrogens (tertiary/aromatic N) is 5. The van der Waals surface area contributed by atoms with Crippen molar-refractivity contribution in [3.63, 3.8) is 0 Å². The minimum atomic E-state index is 0.129. The number of aromatic nitrogens is 5. The second-order valence-electron chi connectivity index (χ2n) is 6.52. The molecule has 0 aliphatic rings. The fourth-order valence-electron chi connectivity index (χ4n) is 2.80. The average molecular weight is 486 g/mol. The first kappa shape index (κ1) is 20.7. The smallest absolute Gasteiger partial charge is 0.277 e. The normalized spacial score (nSPS) is 11.2. The van der Waals surface area contributed by atoms with Gasteiger partial charge in [0.15, 0.2) is 6.61 Å². The molecule has 32 heavy (non-hydrogen) atoms. The lowest BCUT2D eigenvalue weighted by Crippen LogP contribution is -1.97. The highest BCUT2D eigenvalue weighted by atomic mass is 35.5. The summed E-state index contributed by atoms with van der Waals surface area (Å²) in [5.41, 5.74) is 1.47. The zero-order chi connectivity index (χ0) is 21.9. The largest absolute Gasteiger partial charge is 0.485 e. The Kier molecular flexibility index (Phi) is 5.93. The SMILES string of the molecule is Clc1ccc(OCc2noc(CSc3nnc(-c4ccc5ccccc5n4)o3)n2)cc1Cl. The van der Waals surface area contributed by atoms with Crippen LogP contribution in [-0.2, 0) is 12.4 Å². The van der Waals surface area contributed by atoms with Crippen LogP contribution in [-0.4, -0.2) is 25.3 Å². The van der Waals surface area contributed by atoms with Gasteiger partial charge in [0.05, 0.1) is 21.3 Å². The molecule has 0 radical (unpaired) electrons. The van der Waals surface area contributed by atoms with Crippen molar-refractivity contribution in [1.82, 2.24) is 25.3 Å². The van der Waals surface area contributed by atoms with Crippen LogP contribution in [0.5, 0.6) is 5.75 Å². The van der Waals surface area contributed by atoms with E-state index in [-0.39, 0.29) is 6.61 Å². The molecule has 3 heterocycles. The monoisotopic (exact) mass is 485 g/mol. The standard InChI is InChI=1S/C21H13Cl2N5O3S/c22-14-7-6-13(9-15(14)23)29-10-18-25-19(31-28-18)11-32-21-27-26-20(30-21)17-8-5-12-3-1-2-4-16(12)24-17/h1-9H,10-11H2. The highest BCUT2D eigenvalue weighted by Crippen LogP contribution is 2.27. The van der Waals surface area contributed by atoms with Crippen molar-refractivity contribution in [2.45, 2.75) is 17.6 Å². The molecule has 0 atom stereocenters. The van der Waals surface area contributed by atoms with E-state index < -0.39 is 0 Å². The molecule has 5 aromatic rings. The Bertz CT molecular complexity index is 1390. The lowest BCUT2D eigenvalue weighted by Gasteiger charge is -2.04. The Balaban J connectivity index is 1.19. The molecule has 0 unspecified atom stereocenters. The molecule has 160 valence electrons. The van der Waals surface area contributed by atoms with Crippen LogP contribution < -0.4 is 4.74 Å². The van der Waals surface area contributed by atoms with Gasteiger partial charge in [0.25, 0.3) is 11.1 Å². The second-order valence-corrected chi connectivity index (χ2v) is 8.26. The highest BCUT2D eigenvalue weighted by molar-refractivity contribution is 7.98. The van der Waals surface area contributed by atoms with E-state index >= 15 is 0 Å². The zero-order valence-corrected chi connectivity index (χ0v) is 18.6. The van der Waals surface area contributed by atoms with Crippen molar-refractivity contribution in [2.75, 3.05) is 0 Å². The van der Waals surface area contributed by atoms with Gasteiger partial charge in [-0.2, -0.15) is 4.98 Å². The van der Waals surface area contributed by atoms with Gasteiger partial charge in [-0.15, -0.1) is 10.2 Å². The Labute approximate surface area is 195 Å². The maximum absolute atomic E-state index is 5.98. The van der Waals surface area contributed by atoms with Gasteiger partial charge >= 0.3 is 0 Å². The summed E-state index contributed by atoms with van der Waals surface area (Å²) >= 11 is 13.2. The van der Waals surface area contributed by atoms with Gasteiger partial charge in [-0.1, -0.05) is 64.4 Å². The van der Waals surface area contributed by atoms with Gasteiger partial charge in [0, 0.05) is 11.5 Å². The average Bonchev–Trinajstić information content (AvgIpc) is 3.48. The van der Waals surface area contributed by atoms with Crippen LogP contribution in [0.1, 0.15) is 11.7 Å². The van der Waals surface area contributed by atoms with E-state index in [1.54, 1.807) is 18.2 Å². The minimum Gasteiger partial charge on any atom is -0.485 e. The van der Waals surface area contributed by atoms with E-state index in [1.165, 1.54) is 11.8 Å². The molecule has 2 aromatic carbocycles. The van der Waals surface area contributed by atoms with E-state index in [9.17, 15) is 0 Å². The van der Waals surface area contributed by atoms with Crippen LogP contribution in [0, 0.1) is 0 Å². The first-order valence-electron chi connectivity index (χ1n) is 9.36. The van der Waals surface area contributed by atoms with Gasteiger partial charge in [0.2, 0.25) is 11.7 Å². The molecule has 0 aliphatic carbocycles. The molecule has 0 bridgehead atoms. The van der Waals surface area contributed by atoms with Crippen LogP contribution in [0.15, 0.2) is 68.8 Å². The lowest BCUT2D eigenvalue weighted by atomic mass is 10.2. The fraction of sp³-hybridized carbons (Fsp3) is 0.0952. The third-order valence-electron chi connectivity index (χ3n) is 4.31. The summed E-state index contributed by atoms with van der Waals surface area (Å²) < 4.78 is 16.6. The number of rotatable bonds is 7. The molecular weight excluding hydrogens is 473 g/mol. The zero-order valence-electron chi connectivity index (χ0n) is 16.2. The summed E-state index contributed by atoms with van der Waals surface area (Å²) in [6.45, 7) is 0.129. The van der Waals surface area contributed by atoms with E-state index in [2.05, 4.69) is 25.3 Å². The summed E-state index contributed by atoms with van der Waals surface area (Å²) in [6.07, 6.45) is 0. The number of ether oxygens (including phenoxy) is 1. The topological polar surface area (TPSA) is 100.0 Å². The van der Waals surface area contributed by atoms with Gasteiger partial charge in [-0.3, -0.25) is 0 Å². The summed E-state index contributed by atoms with van der Waals surface area (Å²) in [6, 6.07) is 16.6. The quantitative estimate of drug-likeness (QED) is 0.262. The van der Waals surface area contributed by atoms with E-state index in [1.807, 2.05) is 36.4 Å². The molecule has 0 aliphatic heterocycles. The van der Waals surface area contributed by atoms with Gasteiger partial charge in [-0.05, 0) is 24.3 Å². The van der Waals surface area contributed by atoms with Crippen LogP contribution >= 0.6 is 35.0 Å². The van der Waals surface area contributed by atoms with Crippen molar-refractivity contribution < 1.29 is 13.7 Å². The third-order valence-corrected chi connectivity index (χ3v) is 5.85. The molecule has 0 saturated heterocycles. The lowest BCUT2D eigenvalue weighted by molar-refractivity contribution is 0.285. The Morgan fingerprint density at radius 1 is 0.938 bits per heavy atom. The second kappa shape index (κ2) is 9.15. The van der Waals surface area contributed by atoms with Crippen molar-refractivity contribution in [3.05, 3.63) is 76.4 Å². The minimum absolute atomic E-state index is 0.129. The van der Waals surface area contributed by atoms with Gasteiger partial charge < -0.3 is 13.7 Å². The maximum Gasteiger partial charge on any atom is 0.277 e. The number of hydrogen-bond donors (Lipinski definition) is 0. The first-order chi connectivity index (χ1) is 15.6. The Morgan fingerprint density at radius 2 is 1.84 bits per heavy atom. The molecular formula is C21H13Cl2N5O3S. The molecule has 11 heteroatoms. The Hall–Kier alpha value is -3.14. The van der Waals surface area contributed by atoms with Gasteiger partial charge in [0.1, 0.15) is 11.4 Å². The predicted octanol–water partition coefficient (Wildman–Crippen LogP) is 5.85. The molecule has 8 nitrogen and oxygen atoms in total. The molecule has 5 rings (SSSR count). The number of pyridine rings is 1. The Morgan fingerprint density at radius 3 is 2.75 bits per heavy atom. The predicted molar refractivity (Wildman–Crippen MR) is 120 cm³/mol. The number of halogens is 2. The summed E-state index contributed by atoms with van der Waals surface area (Å²) in [5, 5.41) is 14.3. The molecule has 0 spiro atoms. The number of benzene rings is 2. The summed E-state index contributed by atoms with van der Waals surface area (Å²) in [7, 11) is 0. The maximum atomic E-state index is 5.98. The molecule has 3 aromatic heterocycles. The summed E-state index contributed by atoms with van der Waals surface area (Å²) in [4.78, 5) is 8.85. The molecule has 0 saturated carbocycles. The van der Waals surface area contributed by atoms with E-state index in [4.69, 9.17) is 36.9 Å². The molecule has 0 N–H and O–H groups in total. The van der Waals surface area contributed by atoms with Crippen LogP contribution in [0.3, 0.4) is 0 Å². The van der Waals surface area contributed by atoms with Crippen molar-refractivity contribution in [1.29, 1.82) is 0 Å². The molecule has 0 amide bonds. The first-order valence-corrected chi connectivity index (χ1v) is 11.1. The van der Waals surface area contributed by atoms with Gasteiger partial charge in [-0.25, -0.2) is 4.98 Å². The number of hydrogen-bond acceptors (Lipinski definition) is 9. The van der Waals surface area contributed by atoms with Crippen molar-refractivity contribution in [3.8, 4) is 17.3 Å². The van der Waals surface area contributed by atoms with Crippen molar-refractivity contribution >= 4 is 45.9 Å². The van der Waals surface area contributed by atoms with Crippen LogP contribution in [0.2, 0.25) is 10.0 Å². The summed E-state index contributed by atoms with van der Waals surface area (Å²) in [5.74, 6) is 2.08. The van der Waals surface area contributed by atoms with E-state index in [0.29, 0.717) is 50.1 Å². The molecule has 0 fully saturated rings. The van der Waals surface area contributed by atoms with Crippen molar-refractivity contribution in [2.24, 2.45) is 0 Å². The number of para-hydroxylation sites is 1. The fourth-order valence-corrected chi connectivity index (χ4v) is 3.69. The van der Waals surface area contributed by atoms with Crippen LogP contribution in [0.25, 0.3) is 22.5 Å².